The van der Waals surface area contributed by atoms with Gasteiger partial charge in [0, 0.05) is 13.5 Å². The van der Waals surface area contributed by atoms with Crippen molar-refractivity contribution in [2.24, 2.45) is 0 Å². The van der Waals surface area contributed by atoms with E-state index >= 15 is 0 Å². The molecular formula is C25H24N2O. The fourth-order valence-electron chi connectivity index (χ4n) is 3.49. The third kappa shape index (κ3) is 4.29. The van der Waals surface area contributed by atoms with Gasteiger partial charge in [-0.05, 0) is 59.2 Å². The lowest BCUT2D eigenvalue weighted by atomic mass is 9.92. The zero-order chi connectivity index (χ0) is 19.9. The first-order valence-corrected chi connectivity index (χ1v) is 9.53. The van der Waals surface area contributed by atoms with Gasteiger partial charge >= 0.3 is 0 Å². The van der Waals surface area contributed by atoms with Crippen molar-refractivity contribution in [1.82, 2.24) is 5.32 Å². The van der Waals surface area contributed by atoms with Gasteiger partial charge in [0.2, 0.25) is 5.91 Å². The van der Waals surface area contributed by atoms with Crippen molar-refractivity contribution in [3.8, 4) is 28.3 Å². The van der Waals surface area contributed by atoms with Crippen molar-refractivity contribution >= 4 is 5.91 Å². The number of nitrogens with one attached hydrogen (secondary N) is 1. The molecule has 0 bridgehead atoms. The summed E-state index contributed by atoms with van der Waals surface area (Å²) in [7, 11) is 1.67. The van der Waals surface area contributed by atoms with Gasteiger partial charge in [-0.2, -0.15) is 5.26 Å². The molecule has 0 aromatic heterocycles. The topological polar surface area (TPSA) is 52.9 Å². The van der Waals surface area contributed by atoms with Crippen LogP contribution in [0, 0.1) is 18.3 Å². The summed E-state index contributed by atoms with van der Waals surface area (Å²) in [6.07, 6.45) is 2.28. The molecule has 0 fully saturated rings. The summed E-state index contributed by atoms with van der Waals surface area (Å²) in [5.41, 5.74) is 7.58. The summed E-state index contributed by atoms with van der Waals surface area (Å²) in [5, 5.41) is 12.0. The van der Waals surface area contributed by atoms with Crippen molar-refractivity contribution in [1.29, 1.82) is 5.26 Å². The molecule has 3 aromatic carbocycles. The molecule has 0 atom stereocenters. The molecule has 1 amide bonds. The molecule has 0 aliphatic rings. The normalized spacial score (nSPS) is 10.3. The van der Waals surface area contributed by atoms with Gasteiger partial charge in [0.25, 0.3) is 0 Å². The van der Waals surface area contributed by atoms with Crippen molar-refractivity contribution < 1.29 is 4.79 Å². The third-order valence-corrected chi connectivity index (χ3v) is 5.13. The molecule has 0 aliphatic carbocycles. The first-order chi connectivity index (χ1) is 13.6. The Bertz CT molecular complexity index is 1010. The van der Waals surface area contributed by atoms with E-state index < -0.39 is 0 Å². The van der Waals surface area contributed by atoms with Crippen molar-refractivity contribution in [3.05, 3.63) is 83.4 Å². The monoisotopic (exact) mass is 368 g/mol. The van der Waals surface area contributed by atoms with Crippen LogP contribution in [-0.4, -0.2) is 13.0 Å². The lowest BCUT2D eigenvalue weighted by Gasteiger charge is -2.12. The molecule has 0 unspecified atom stereocenters. The molecule has 0 heterocycles. The number of benzene rings is 3. The van der Waals surface area contributed by atoms with Crippen LogP contribution in [0.25, 0.3) is 22.3 Å². The molecule has 3 heteroatoms. The molecule has 28 heavy (non-hydrogen) atoms. The van der Waals surface area contributed by atoms with Crippen LogP contribution in [0.3, 0.4) is 0 Å². The standard InChI is InChI=1S/C25H24N2O/c1-18-19(9-6-12-25(28)27-2)8-5-11-23(18)20-13-15-21(16-14-20)24-10-4-3-7-22(24)17-26/h3-5,7-8,10-11,13-16H,6,9,12H2,1-2H3,(H,27,28). The van der Waals surface area contributed by atoms with Crippen molar-refractivity contribution in [3.63, 3.8) is 0 Å². The Morgan fingerprint density at radius 2 is 1.57 bits per heavy atom. The molecule has 0 aliphatic heterocycles. The molecule has 0 radical (unpaired) electrons. The van der Waals surface area contributed by atoms with Gasteiger partial charge in [0.05, 0.1) is 11.6 Å². The van der Waals surface area contributed by atoms with Crippen LogP contribution >= 0.6 is 0 Å². The van der Waals surface area contributed by atoms with E-state index in [1.807, 2.05) is 24.3 Å². The van der Waals surface area contributed by atoms with Gasteiger partial charge in [-0.1, -0.05) is 60.7 Å². The van der Waals surface area contributed by atoms with Gasteiger partial charge in [0.15, 0.2) is 0 Å². The van der Waals surface area contributed by atoms with E-state index in [2.05, 4.69) is 60.8 Å². The van der Waals surface area contributed by atoms with Gasteiger partial charge in [-0.3, -0.25) is 4.79 Å². The van der Waals surface area contributed by atoms with Gasteiger partial charge in [0.1, 0.15) is 0 Å². The van der Waals surface area contributed by atoms with Crippen LogP contribution in [0.15, 0.2) is 66.7 Å². The maximum absolute atomic E-state index is 11.4. The van der Waals surface area contributed by atoms with Gasteiger partial charge < -0.3 is 5.32 Å². The lowest BCUT2D eigenvalue weighted by Crippen LogP contribution is -2.17. The lowest BCUT2D eigenvalue weighted by molar-refractivity contribution is -0.120. The smallest absolute Gasteiger partial charge is 0.219 e. The van der Waals surface area contributed by atoms with E-state index in [0.717, 1.165) is 29.5 Å². The highest BCUT2D eigenvalue weighted by Gasteiger charge is 2.09. The third-order valence-electron chi connectivity index (χ3n) is 5.13. The minimum atomic E-state index is 0.0852. The molecular weight excluding hydrogens is 344 g/mol. The molecule has 3 aromatic rings. The fourth-order valence-corrected chi connectivity index (χ4v) is 3.49. The zero-order valence-corrected chi connectivity index (χ0v) is 16.3. The highest BCUT2D eigenvalue weighted by atomic mass is 16.1. The number of amides is 1. The van der Waals surface area contributed by atoms with E-state index in [0.29, 0.717) is 12.0 Å². The second-order valence-electron chi connectivity index (χ2n) is 6.85. The van der Waals surface area contributed by atoms with E-state index in [-0.39, 0.29) is 5.91 Å². The van der Waals surface area contributed by atoms with Gasteiger partial charge in [-0.25, -0.2) is 0 Å². The van der Waals surface area contributed by atoms with Crippen LogP contribution in [0.4, 0.5) is 0 Å². The number of rotatable bonds is 6. The van der Waals surface area contributed by atoms with Crippen LogP contribution in [0.2, 0.25) is 0 Å². The SMILES string of the molecule is CNC(=O)CCCc1cccc(-c2ccc(-c3ccccc3C#N)cc2)c1C. The number of hydrogen-bond donors (Lipinski definition) is 1. The van der Waals surface area contributed by atoms with Gasteiger partial charge in [-0.15, -0.1) is 0 Å². The number of aryl methyl sites for hydroxylation is 1. The Morgan fingerprint density at radius 1 is 0.929 bits per heavy atom. The molecule has 0 saturated heterocycles. The maximum atomic E-state index is 11.4. The second kappa shape index (κ2) is 9.01. The first kappa shape index (κ1) is 19.4. The minimum absolute atomic E-state index is 0.0852. The number of carbonyl (C=O) groups is 1. The molecule has 0 spiro atoms. The largest absolute Gasteiger partial charge is 0.359 e. The Morgan fingerprint density at radius 3 is 2.25 bits per heavy atom. The summed E-state index contributed by atoms with van der Waals surface area (Å²) in [6, 6.07) is 24.6. The predicted molar refractivity (Wildman–Crippen MR) is 114 cm³/mol. The quantitative estimate of drug-likeness (QED) is 0.644. The Hall–Kier alpha value is -3.38. The van der Waals surface area contributed by atoms with E-state index in [9.17, 15) is 10.1 Å². The molecule has 3 rings (SSSR count). The molecule has 140 valence electrons. The van der Waals surface area contributed by atoms with Crippen LogP contribution in [0.1, 0.15) is 29.5 Å². The van der Waals surface area contributed by atoms with E-state index in [4.69, 9.17) is 0 Å². The molecule has 0 saturated carbocycles. The summed E-state index contributed by atoms with van der Waals surface area (Å²) in [5.74, 6) is 0.0852. The van der Waals surface area contributed by atoms with E-state index in [1.54, 1.807) is 7.05 Å². The summed E-state index contributed by atoms with van der Waals surface area (Å²) in [4.78, 5) is 11.4. The average Bonchev–Trinajstić information content (AvgIpc) is 2.75. The summed E-state index contributed by atoms with van der Waals surface area (Å²) in [6.45, 7) is 2.14. The number of hydrogen-bond acceptors (Lipinski definition) is 2. The van der Waals surface area contributed by atoms with Crippen molar-refractivity contribution in [2.75, 3.05) is 7.05 Å². The molecule has 3 nitrogen and oxygen atoms in total. The Balaban J connectivity index is 1.83. The second-order valence-corrected chi connectivity index (χ2v) is 6.85. The number of nitriles is 1. The fraction of sp³-hybridized carbons (Fsp3) is 0.200. The maximum Gasteiger partial charge on any atom is 0.219 e. The molecule has 1 N–H and O–H groups in total. The summed E-state index contributed by atoms with van der Waals surface area (Å²) >= 11 is 0. The number of carbonyl (C=O) groups excluding carboxylic acids is 1. The Labute approximate surface area is 166 Å². The zero-order valence-electron chi connectivity index (χ0n) is 16.3. The predicted octanol–water partition coefficient (Wildman–Crippen LogP) is 5.27. The minimum Gasteiger partial charge on any atom is -0.359 e. The van der Waals surface area contributed by atoms with Crippen LogP contribution in [0.5, 0.6) is 0 Å². The average molecular weight is 368 g/mol. The highest BCUT2D eigenvalue weighted by Crippen LogP contribution is 2.30. The first-order valence-electron chi connectivity index (χ1n) is 9.53. The van der Waals surface area contributed by atoms with Crippen molar-refractivity contribution in [2.45, 2.75) is 26.2 Å². The summed E-state index contributed by atoms with van der Waals surface area (Å²) < 4.78 is 0. The highest BCUT2D eigenvalue weighted by molar-refractivity contribution is 5.76. The van der Waals surface area contributed by atoms with Crippen LogP contribution in [-0.2, 0) is 11.2 Å². The van der Waals surface area contributed by atoms with E-state index in [1.165, 1.54) is 16.7 Å². The van der Waals surface area contributed by atoms with Crippen LogP contribution < -0.4 is 5.32 Å². The Kier molecular flexibility index (Phi) is 6.24. The number of nitrogens with zero attached hydrogens (tertiary/aromatic N) is 1.